The molecule has 0 saturated heterocycles. The molecule has 19 heavy (non-hydrogen) atoms. The summed E-state index contributed by atoms with van der Waals surface area (Å²) >= 11 is 0. The molecule has 9 nitrogen and oxygen atoms in total. The highest BCUT2D eigenvalue weighted by molar-refractivity contribution is 5.98. The van der Waals surface area contributed by atoms with Crippen LogP contribution in [0.5, 0.6) is 0 Å². The summed E-state index contributed by atoms with van der Waals surface area (Å²) in [5, 5.41) is 27.5. The van der Waals surface area contributed by atoms with Crippen molar-refractivity contribution in [3.05, 3.63) is 22.0 Å². The number of aromatic nitrogens is 2. The van der Waals surface area contributed by atoms with Gasteiger partial charge in [0.1, 0.15) is 12.2 Å². The topological polar surface area (TPSA) is 138 Å². The molecule has 1 aromatic rings. The van der Waals surface area contributed by atoms with Gasteiger partial charge in [-0.05, 0) is 5.92 Å². The van der Waals surface area contributed by atoms with Crippen LogP contribution in [0.15, 0.2) is 6.20 Å². The van der Waals surface area contributed by atoms with Crippen molar-refractivity contribution >= 4 is 17.6 Å². The average molecular weight is 270 g/mol. The number of nitrogens with zero attached hydrogens (tertiary/aromatic N) is 2. The Kier molecular flexibility index (Phi) is 4.56. The van der Waals surface area contributed by atoms with Gasteiger partial charge >= 0.3 is 11.7 Å². The van der Waals surface area contributed by atoms with E-state index >= 15 is 0 Å². The van der Waals surface area contributed by atoms with Gasteiger partial charge in [-0.15, -0.1) is 0 Å². The second kappa shape index (κ2) is 5.94. The van der Waals surface area contributed by atoms with Crippen molar-refractivity contribution in [1.82, 2.24) is 15.5 Å². The number of carboxylic acids is 1. The molecular weight excluding hydrogens is 256 g/mol. The van der Waals surface area contributed by atoms with E-state index in [4.69, 9.17) is 5.11 Å². The highest BCUT2D eigenvalue weighted by atomic mass is 16.6. The second-order valence-electron chi connectivity index (χ2n) is 4.06. The summed E-state index contributed by atoms with van der Waals surface area (Å²) in [7, 11) is 0. The zero-order valence-corrected chi connectivity index (χ0v) is 10.4. The van der Waals surface area contributed by atoms with Crippen LogP contribution in [0.3, 0.4) is 0 Å². The van der Waals surface area contributed by atoms with Gasteiger partial charge in [0.25, 0.3) is 5.91 Å². The molecule has 0 spiro atoms. The lowest BCUT2D eigenvalue weighted by molar-refractivity contribution is -0.385. The Morgan fingerprint density at radius 2 is 2.26 bits per heavy atom. The number of hydrogen-bond donors (Lipinski definition) is 3. The van der Waals surface area contributed by atoms with Crippen LogP contribution >= 0.6 is 0 Å². The standard InChI is InChI=1S/C10H14N4O5/c1-3-5(2)7(10(16)17)12-9(15)8-6(14(18)19)4-11-13-8/h4-5,7H,3H2,1-2H3,(H,11,13)(H,12,15)(H,16,17)/t5-,7-/m0/s1. The van der Waals surface area contributed by atoms with E-state index in [1.54, 1.807) is 13.8 Å². The van der Waals surface area contributed by atoms with Crippen LogP contribution in [0, 0.1) is 16.0 Å². The van der Waals surface area contributed by atoms with Gasteiger partial charge in [-0.1, -0.05) is 20.3 Å². The predicted molar refractivity (Wildman–Crippen MR) is 63.6 cm³/mol. The van der Waals surface area contributed by atoms with E-state index in [1.165, 1.54) is 0 Å². The third kappa shape index (κ3) is 3.27. The quantitative estimate of drug-likeness (QED) is 0.509. The van der Waals surface area contributed by atoms with Crippen LogP contribution in [0.25, 0.3) is 0 Å². The molecule has 0 unspecified atom stereocenters. The Labute approximate surface area is 108 Å². The molecule has 0 aromatic carbocycles. The lowest BCUT2D eigenvalue weighted by Gasteiger charge is -2.19. The number of hydrogen-bond acceptors (Lipinski definition) is 5. The fourth-order valence-corrected chi connectivity index (χ4v) is 1.48. The molecule has 2 atom stereocenters. The molecule has 1 aromatic heterocycles. The van der Waals surface area contributed by atoms with Gasteiger partial charge in [0.2, 0.25) is 5.69 Å². The van der Waals surface area contributed by atoms with Gasteiger partial charge < -0.3 is 10.4 Å². The molecule has 0 aliphatic carbocycles. The molecular formula is C10H14N4O5. The molecule has 0 radical (unpaired) electrons. The van der Waals surface area contributed by atoms with E-state index < -0.39 is 28.5 Å². The summed E-state index contributed by atoms with van der Waals surface area (Å²) in [6, 6.07) is -1.11. The Bertz CT molecular complexity index is 498. The number of aromatic amines is 1. The van der Waals surface area contributed by atoms with E-state index in [-0.39, 0.29) is 11.6 Å². The third-order valence-electron chi connectivity index (χ3n) is 2.81. The van der Waals surface area contributed by atoms with Gasteiger partial charge in [0, 0.05) is 0 Å². The highest BCUT2D eigenvalue weighted by Gasteiger charge is 2.29. The SMILES string of the molecule is CC[C@H](C)[C@H](NC(=O)c1[nH]ncc1[N+](=O)[O-])C(=O)O. The molecule has 3 N–H and O–H groups in total. The van der Waals surface area contributed by atoms with Crippen molar-refractivity contribution in [3.8, 4) is 0 Å². The zero-order valence-electron chi connectivity index (χ0n) is 10.4. The fraction of sp³-hybridized carbons (Fsp3) is 0.500. The summed E-state index contributed by atoms with van der Waals surface area (Å²) in [4.78, 5) is 32.7. The highest BCUT2D eigenvalue weighted by Crippen LogP contribution is 2.15. The molecule has 1 heterocycles. The molecule has 1 rings (SSSR count). The molecule has 104 valence electrons. The Morgan fingerprint density at radius 1 is 1.63 bits per heavy atom. The predicted octanol–water partition coefficient (Wildman–Crippen LogP) is 0.547. The van der Waals surface area contributed by atoms with E-state index in [0.717, 1.165) is 6.20 Å². The first kappa shape index (κ1) is 14.6. The van der Waals surface area contributed by atoms with Crippen LogP contribution in [0.4, 0.5) is 5.69 Å². The number of rotatable bonds is 6. The number of amides is 1. The summed E-state index contributed by atoms with van der Waals surface area (Å²) in [5.41, 5.74) is -0.856. The Morgan fingerprint density at radius 3 is 2.74 bits per heavy atom. The Balaban J connectivity index is 2.91. The van der Waals surface area contributed by atoms with Crippen molar-refractivity contribution in [2.24, 2.45) is 5.92 Å². The maximum Gasteiger partial charge on any atom is 0.326 e. The molecule has 0 saturated carbocycles. The minimum Gasteiger partial charge on any atom is -0.480 e. The van der Waals surface area contributed by atoms with Crippen LogP contribution in [0.2, 0.25) is 0 Å². The van der Waals surface area contributed by atoms with Gasteiger partial charge in [-0.3, -0.25) is 20.0 Å². The maximum atomic E-state index is 11.8. The maximum absolute atomic E-state index is 11.8. The minimum atomic E-state index is -1.19. The number of carboxylic acid groups (broad SMARTS) is 1. The lowest BCUT2D eigenvalue weighted by Crippen LogP contribution is -2.45. The summed E-state index contributed by atoms with van der Waals surface area (Å²) < 4.78 is 0. The molecule has 0 fully saturated rings. The summed E-state index contributed by atoms with van der Waals surface area (Å²) in [6.45, 7) is 3.45. The molecule has 0 aliphatic rings. The van der Waals surface area contributed by atoms with Crippen LogP contribution in [-0.2, 0) is 4.79 Å². The van der Waals surface area contributed by atoms with Gasteiger partial charge in [0.05, 0.1) is 4.92 Å². The summed E-state index contributed by atoms with van der Waals surface area (Å²) in [5.74, 6) is -2.36. The minimum absolute atomic E-state index is 0.302. The van der Waals surface area contributed by atoms with Crippen LogP contribution < -0.4 is 5.32 Å². The van der Waals surface area contributed by atoms with E-state index in [1.807, 2.05) is 0 Å². The average Bonchev–Trinajstić information content (AvgIpc) is 2.83. The monoisotopic (exact) mass is 270 g/mol. The molecule has 9 heteroatoms. The van der Waals surface area contributed by atoms with Crippen molar-refractivity contribution < 1.29 is 19.6 Å². The number of carbonyl (C=O) groups is 2. The van der Waals surface area contributed by atoms with Crippen molar-refractivity contribution in [2.45, 2.75) is 26.3 Å². The largest absolute Gasteiger partial charge is 0.480 e. The van der Waals surface area contributed by atoms with E-state index in [2.05, 4.69) is 15.5 Å². The van der Waals surface area contributed by atoms with Gasteiger partial charge in [0.15, 0.2) is 0 Å². The van der Waals surface area contributed by atoms with E-state index in [0.29, 0.717) is 6.42 Å². The number of carbonyl (C=O) groups excluding carboxylic acids is 1. The Hall–Kier alpha value is -2.45. The fourth-order valence-electron chi connectivity index (χ4n) is 1.48. The van der Waals surface area contributed by atoms with Crippen molar-refractivity contribution in [3.63, 3.8) is 0 Å². The molecule has 1 amide bonds. The van der Waals surface area contributed by atoms with Crippen molar-refractivity contribution in [1.29, 1.82) is 0 Å². The smallest absolute Gasteiger partial charge is 0.326 e. The second-order valence-corrected chi connectivity index (χ2v) is 4.06. The van der Waals surface area contributed by atoms with Gasteiger partial charge in [-0.2, -0.15) is 5.10 Å². The lowest BCUT2D eigenvalue weighted by atomic mass is 9.99. The number of nitro groups is 1. The first-order valence-corrected chi connectivity index (χ1v) is 5.59. The third-order valence-corrected chi connectivity index (χ3v) is 2.81. The normalized spacial score (nSPS) is 13.6. The number of H-pyrrole nitrogens is 1. The van der Waals surface area contributed by atoms with E-state index in [9.17, 15) is 19.7 Å². The molecule has 0 aliphatic heterocycles. The number of aliphatic carboxylic acids is 1. The van der Waals surface area contributed by atoms with Crippen molar-refractivity contribution in [2.75, 3.05) is 0 Å². The first-order valence-electron chi connectivity index (χ1n) is 5.59. The molecule has 0 bridgehead atoms. The van der Waals surface area contributed by atoms with Gasteiger partial charge in [-0.25, -0.2) is 4.79 Å². The zero-order chi connectivity index (χ0) is 14.6. The van der Waals surface area contributed by atoms with Crippen LogP contribution in [0.1, 0.15) is 30.8 Å². The van der Waals surface area contributed by atoms with Crippen LogP contribution in [-0.4, -0.2) is 38.1 Å². The summed E-state index contributed by atoms with van der Waals surface area (Å²) in [6.07, 6.45) is 1.44. The number of nitrogens with one attached hydrogen (secondary N) is 2. The first-order chi connectivity index (χ1) is 8.88.